The van der Waals surface area contributed by atoms with Gasteiger partial charge in [0.1, 0.15) is 6.33 Å². The summed E-state index contributed by atoms with van der Waals surface area (Å²) in [7, 11) is 0. The molecule has 0 aliphatic rings. The summed E-state index contributed by atoms with van der Waals surface area (Å²) >= 11 is 1.63. The molecule has 4 aromatic rings. The van der Waals surface area contributed by atoms with Crippen LogP contribution in [0.2, 0.25) is 0 Å². The lowest BCUT2D eigenvalue weighted by atomic mass is 9.97. The Balaban J connectivity index is 1.57. The van der Waals surface area contributed by atoms with E-state index >= 15 is 0 Å². The number of nitrogens with zero attached hydrogens (tertiary/aromatic N) is 3. The standard InChI is InChI=1S/C23H20N4OS/c1-16-6-7-17(23(28)26-14-19-4-3-11-29-19)12-18(16)13-22-20(5-2-9-25-22)21-8-10-24-15-27-21/h2-12,15H,13-14H2,1H3,(H,26,28). The lowest BCUT2D eigenvalue weighted by molar-refractivity contribution is 0.0951. The molecular formula is C23H20N4OS. The predicted octanol–water partition coefficient (Wildman–Crippen LogP) is 4.43. The first-order chi connectivity index (χ1) is 14.2. The molecule has 29 heavy (non-hydrogen) atoms. The summed E-state index contributed by atoms with van der Waals surface area (Å²) < 4.78 is 0. The fraction of sp³-hybridized carbons (Fsp3) is 0.130. The average molecular weight is 401 g/mol. The van der Waals surface area contributed by atoms with Crippen LogP contribution in [0.5, 0.6) is 0 Å². The number of nitrogens with one attached hydrogen (secondary N) is 1. The predicted molar refractivity (Wildman–Crippen MR) is 115 cm³/mol. The van der Waals surface area contributed by atoms with Gasteiger partial charge < -0.3 is 5.32 Å². The summed E-state index contributed by atoms with van der Waals surface area (Å²) in [6.07, 6.45) is 5.67. The second-order valence-electron chi connectivity index (χ2n) is 6.67. The van der Waals surface area contributed by atoms with Gasteiger partial charge in [-0.1, -0.05) is 12.1 Å². The van der Waals surface area contributed by atoms with Crippen molar-refractivity contribution >= 4 is 17.2 Å². The third kappa shape index (κ3) is 4.55. The van der Waals surface area contributed by atoms with Crippen LogP contribution < -0.4 is 5.32 Å². The van der Waals surface area contributed by atoms with E-state index in [9.17, 15) is 4.79 Å². The monoisotopic (exact) mass is 400 g/mol. The molecular weight excluding hydrogens is 380 g/mol. The maximum atomic E-state index is 12.6. The molecule has 5 nitrogen and oxygen atoms in total. The van der Waals surface area contributed by atoms with Gasteiger partial charge >= 0.3 is 0 Å². The molecule has 0 bridgehead atoms. The molecule has 1 amide bonds. The van der Waals surface area contributed by atoms with Crippen LogP contribution in [-0.4, -0.2) is 20.9 Å². The van der Waals surface area contributed by atoms with E-state index in [0.717, 1.165) is 33.0 Å². The van der Waals surface area contributed by atoms with E-state index in [-0.39, 0.29) is 5.91 Å². The first kappa shape index (κ1) is 19.0. The second-order valence-corrected chi connectivity index (χ2v) is 7.70. The van der Waals surface area contributed by atoms with E-state index in [2.05, 4.69) is 27.2 Å². The van der Waals surface area contributed by atoms with Crippen molar-refractivity contribution in [3.05, 3.63) is 99.9 Å². The van der Waals surface area contributed by atoms with Crippen molar-refractivity contribution in [3.8, 4) is 11.3 Å². The van der Waals surface area contributed by atoms with Gasteiger partial charge in [-0.25, -0.2) is 9.97 Å². The number of carbonyl (C=O) groups excluding carboxylic acids is 1. The van der Waals surface area contributed by atoms with Crippen molar-refractivity contribution in [2.24, 2.45) is 0 Å². The van der Waals surface area contributed by atoms with Crippen molar-refractivity contribution in [1.29, 1.82) is 0 Å². The molecule has 6 heteroatoms. The Morgan fingerprint density at radius 1 is 1.07 bits per heavy atom. The number of amides is 1. The van der Waals surface area contributed by atoms with Gasteiger partial charge in [0, 0.05) is 34.8 Å². The van der Waals surface area contributed by atoms with E-state index in [1.54, 1.807) is 23.7 Å². The van der Waals surface area contributed by atoms with Crippen LogP contribution in [0.4, 0.5) is 0 Å². The number of aromatic nitrogens is 3. The molecule has 4 rings (SSSR count). The van der Waals surface area contributed by atoms with Gasteiger partial charge in [0.15, 0.2) is 0 Å². The molecule has 144 valence electrons. The average Bonchev–Trinajstić information content (AvgIpc) is 3.28. The zero-order valence-corrected chi connectivity index (χ0v) is 16.8. The van der Waals surface area contributed by atoms with Gasteiger partial charge in [-0.15, -0.1) is 11.3 Å². The third-order valence-corrected chi connectivity index (χ3v) is 5.60. The lowest BCUT2D eigenvalue weighted by Gasteiger charge is -2.12. The van der Waals surface area contributed by atoms with E-state index in [1.165, 1.54) is 6.33 Å². The largest absolute Gasteiger partial charge is 0.347 e. The molecule has 0 unspecified atom stereocenters. The zero-order valence-electron chi connectivity index (χ0n) is 16.0. The highest BCUT2D eigenvalue weighted by atomic mass is 32.1. The van der Waals surface area contributed by atoms with Crippen molar-refractivity contribution < 1.29 is 4.79 Å². The molecule has 0 atom stereocenters. The van der Waals surface area contributed by atoms with Crippen LogP contribution in [0.15, 0.2) is 72.6 Å². The summed E-state index contributed by atoms with van der Waals surface area (Å²) in [5.41, 5.74) is 5.58. The SMILES string of the molecule is Cc1ccc(C(=O)NCc2cccs2)cc1Cc1ncccc1-c1ccncn1. The fourth-order valence-electron chi connectivity index (χ4n) is 3.13. The van der Waals surface area contributed by atoms with E-state index in [1.807, 2.05) is 53.9 Å². The number of rotatable bonds is 6. The minimum absolute atomic E-state index is 0.0725. The number of carbonyl (C=O) groups is 1. The number of thiophene rings is 1. The molecule has 0 saturated heterocycles. The van der Waals surface area contributed by atoms with Crippen LogP contribution >= 0.6 is 11.3 Å². The first-order valence-electron chi connectivity index (χ1n) is 9.31. The molecule has 0 spiro atoms. The Kier molecular flexibility index (Phi) is 5.72. The number of hydrogen-bond acceptors (Lipinski definition) is 5. The molecule has 0 aliphatic carbocycles. The van der Waals surface area contributed by atoms with Crippen molar-refractivity contribution in [2.45, 2.75) is 19.9 Å². The number of benzene rings is 1. The van der Waals surface area contributed by atoms with Crippen molar-refractivity contribution in [1.82, 2.24) is 20.3 Å². The molecule has 0 radical (unpaired) electrons. The Morgan fingerprint density at radius 3 is 2.79 bits per heavy atom. The summed E-state index contributed by atoms with van der Waals surface area (Å²) in [5, 5.41) is 5.00. The molecule has 0 fully saturated rings. The van der Waals surface area contributed by atoms with Gasteiger partial charge in [0.2, 0.25) is 0 Å². The molecule has 3 heterocycles. The van der Waals surface area contributed by atoms with Crippen LogP contribution in [0, 0.1) is 6.92 Å². The van der Waals surface area contributed by atoms with Gasteiger partial charge in [-0.05, 0) is 59.8 Å². The summed E-state index contributed by atoms with van der Waals surface area (Å²) in [5.74, 6) is -0.0725. The minimum Gasteiger partial charge on any atom is -0.347 e. The number of pyridine rings is 1. The summed E-state index contributed by atoms with van der Waals surface area (Å²) in [6, 6.07) is 15.6. The van der Waals surface area contributed by atoms with Gasteiger partial charge in [-0.2, -0.15) is 0 Å². The van der Waals surface area contributed by atoms with Crippen molar-refractivity contribution in [3.63, 3.8) is 0 Å². The van der Waals surface area contributed by atoms with E-state index < -0.39 is 0 Å². The maximum Gasteiger partial charge on any atom is 0.251 e. The highest BCUT2D eigenvalue weighted by Gasteiger charge is 2.12. The second kappa shape index (κ2) is 8.75. The molecule has 0 saturated carbocycles. The molecule has 1 aromatic carbocycles. The topological polar surface area (TPSA) is 67.8 Å². The summed E-state index contributed by atoms with van der Waals surface area (Å²) in [4.78, 5) is 26.7. The smallest absolute Gasteiger partial charge is 0.251 e. The third-order valence-electron chi connectivity index (χ3n) is 4.72. The first-order valence-corrected chi connectivity index (χ1v) is 10.2. The van der Waals surface area contributed by atoms with E-state index in [4.69, 9.17) is 0 Å². The van der Waals surface area contributed by atoms with Gasteiger partial charge in [0.25, 0.3) is 5.91 Å². The normalized spacial score (nSPS) is 10.7. The number of aryl methyl sites for hydroxylation is 1. The van der Waals surface area contributed by atoms with Crippen molar-refractivity contribution in [2.75, 3.05) is 0 Å². The number of hydrogen-bond donors (Lipinski definition) is 1. The Bertz CT molecular complexity index is 1110. The Morgan fingerprint density at radius 2 is 2.00 bits per heavy atom. The van der Waals surface area contributed by atoms with Crippen LogP contribution in [-0.2, 0) is 13.0 Å². The fourth-order valence-corrected chi connectivity index (χ4v) is 3.77. The maximum absolute atomic E-state index is 12.6. The van der Waals surface area contributed by atoms with Crippen LogP contribution in [0.25, 0.3) is 11.3 Å². The Hall–Kier alpha value is -3.38. The molecule has 3 aromatic heterocycles. The quantitative estimate of drug-likeness (QED) is 0.520. The highest BCUT2D eigenvalue weighted by Crippen LogP contribution is 2.23. The molecule has 1 N–H and O–H groups in total. The minimum atomic E-state index is -0.0725. The zero-order chi connectivity index (χ0) is 20.1. The van der Waals surface area contributed by atoms with E-state index in [0.29, 0.717) is 18.5 Å². The van der Waals surface area contributed by atoms with Gasteiger partial charge in [-0.3, -0.25) is 9.78 Å². The van der Waals surface area contributed by atoms with Crippen LogP contribution in [0.3, 0.4) is 0 Å². The highest BCUT2D eigenvalue weighted by molar-refractivity contribution is 7.09. The van der Waals surface area contributed by atoms with Crippen LogP contribution in [0.1, 0.15) is 32.1 Å². The summed E-state index contributed by atoms with van der Waals surface area (Å²) in [6.45, 7) is 2.59. The lowest BCUT2D eigenvalue weighted by Crippen LogP contribution is -2.22. The van der Waals surface area contributed by atoms with Gasteiger partial charge in [0.05, 0.1) is 17.9 Å². The molecule has 0 aliphatic heterocycles. The Labute approximate surface area is 173 Å².